The van der Waals surface area contributed by atoms with Gasteiger partial charge in [0, 0.05) is 12.5 Å². The minimum Gasteiger partial charge on any atom is -0.368 e. The number of ether oxygens (including phenoxy) is 1. The van der Waals surface area contributed by atoms with Crippen LogP contribution in [0.15, 0.2) is 0 Å². The average Bonchev–Trinajstić information content (AvgIpc) is 1.82. The van der Waals surface area contributed by atoms with Gasteiger partial charge in [-0.1, -0.05) is 20.8 Å². The summed E-state index contributed by atoms with van der Waals surface area (Å²) in [4.78, 5) is 0. The van der Waals surface area contributed by atoms with E-state index in [1.54, 1.807) is 0 Å². The molecule has 1 N–H and O–H groups in total. The lowest BCUT2D eigenvalue weighted by Gasteiger charge is -2.13. The SMILES string of the molecule is CCCOC(O)C(C)C. The second-order valence-electron chi connectivity index (χ2n) is 2.51. The summed E-state index contributed by atoms with van der Waals surface area (Å²) in [6.07, 6.45) is 0.383. The molecule has 0 bridgehead atoms. The molecule has 56 valence electrons. The van der Waals surface area contributed by atoms with Crippen molar-refractivity contribution < 1.29 is 9.84 Å². The highest BCUT2D eigenvalue weighted by Gasteiger charge is 2.06. The van der Waals surface area contributed by atoms with Crippen LogP contribution >= 0.6 is 0 Å². The van der Waals surface area contributed by atoms with Gasteiger partial charge in [-0.15, -0.1) is 0 Å². The Bertz CT molecular complexity index is 61.9. The highest BCUT2D eigenvalue weighted by atomic mass is 16.6. The zero-order valence-corrected chi connectivity index (χ0v) is 6.42. The van der Waals surface area contributed by atoms with Gasteiger partial charge >= 0.3 is 0 Å². The Kier molecular flexibility index (Phi) is 4.72. The molecular weight excluding hydrogens is 116 g/mol. The molecule has 0 aromatic rings. The van der Waals surface area contributed by atoms with Crippen LogP contribution in [0.4, 0.5) is 0 Å². The quantitative estimate of drug-likeness (QED) is 0.586. The van der Waals surface area contributed by atoms with Crippen LogP contribution in [-0.2, 0) is 4.74 Å². The molecule has 2 nitrogen and oxygen atoms in total. The van der Waals surface area contributed by atoms with E-state index in [9.17, 15) is 0 Å². The molecule has 1 unspecified atom stereocenters. The Hall–Kier alpha value is -0.0800. The molecule has 0 aliphatic rings. The zero-order valence-electron chi connectivity index (χ0n) is 6.42. The lowest BCUT2D eigenvalue weighted by Crippen LogP contribution is -2.18. The van der Waals surface area contributed by atoms with E-state index in [0.29, 0.717) is 6.61 Å². The van der Waals surface area contributed by atoms with Crippen LogP contribution in [0, 0.1) is 5.92 Å². The molecule has 0 rings (SSSR count). The summed E-state index contributed by atoms with van der Waals surface area (Å²) in [6, 6.07) is 0. The third-order valence-corrected chi connectivity index (χ3v) is 1.06. The van der Waals surface area contributed by atoms with E-state index in [1.807, 2.05) is 20.8 Å². The van der Waals surface area contributed by atoms with Crippen LogP contribution in [0.25, 0.3) is 0 Å². The number of aliphatic hydroxyl groups excluding tert-OH is 1. The van der Waals surface area contributed by atoms with Gasteiger partial charge in [0.25, 0.3) is 0 Å². The molecule has 0 amide bonds. The lowest BCUT2D eigenvalue weighted by atomic mass is 10.2. The van der Waals surface area contributed by atoms with Gasteiger partial charge in [0.1, 0.15) is 0 Å². The van der Waals surface area contributed by atoms with E-state index in [1.165, 1.54) is 0 Å². The third-order valence-electron chi connectivity index (χ3n) is 1.06. The van der Waals surface area contributed by atoms with Crippen molar-refractivity contribution in [3.8, 4) is 0 Å². The fraction of sp³-hybridized carbons (Fsp3) is 1.00. The average molecular weight is 132 g/mol. The molecule has 2 heteroatoms. The van der Waals surface area contributed by atoms with E-state index < -0.39 is 6.29 Å². The fourth-order valence-corrected chi connectivity index (χ4v) is 0.431. The second kappa shape index (κ2) is 4.77. The second-order valence-corrected chi connectivity index (χ2v) is 2.51. The van der Waals surface area contributed by atoms with Gasteiger partial charge in [-0.3, -0.25) is 0 Å². The molecule has 0 heterocycles. The summed E-state index contributed by atoms with van der Waals surface area (Å²) in [6.45, 7) is 6.53. The molecule has 0 aliphatic heterocycles. The van der Waals surface area contributed by atoms with E-state index >= 15 is 0 Å². The molecule has 0 saturated heterocycles. The van der Waals surface area contributed by atoms with Crippen molar-refractivity contribution in [1.29, 1.82) is 0 Å². The van der Waals surface area contributed by atoms with Gasteiger partial charge in [-0.25, -0.2) is 0 Å². The fourth-order valence-electron chi connectivity index (χ4n) is 0.431. The van der Waals surface area contributed by atoms with Crippen molar-refractivity contribution in [1.82, 2.24) is 0 Å². The summed E-state index contributed by atoms with van der Waals surface area (Å²) in [7, 11) is 0. The van der Waals surface area contributed by atoms with Crippen molar-refractivity contribution in [2.75, 3.05) is 6.61 Å². The molecule has 0 saturated carbocycles. The molecule has 0 aromatic heterocycles. The summed E-state index contributed by atoms with van der Waals surface area (Å²) < 4.78 is 5.01. The standard InChI is InChI=1S/C7H16O2/c1-4-5-9-7(8)6(2)3/h6-8H,4-5H2,1-3H3. The van der Waals surface area contributed by atoms with Crippen molar-refractivity contribution in [3.63, 3.8) is 0 Å². The molecule has 0 spiro atoms. The van der Waals surface area contributed by atoms with E-state index in [2.05, 4.69) is 0 Å². The number of hydrogen-bond acceptors (Lipinski definition) is 2. The minimum atomic E-state index is -0.579. The first-order chi connectivity index (χ1) is 4.18. The molecule has 0 aromatic carbocycles. The lowest BCUT2D eigenvalue weighted by molar-refractivity contribution is -0.125. The normalized spacial score (nSPS) is 14.3. The van der Waals surface area contributed by atoms with E-state index in [0.717, 1.165) is 6.42 Å². The summed E-state index contributed by atoms with van der Waals surface area (Å²) >= 11 is 0. The Morgan fingerprint density at radius 1 is 1.44 bits per heavy atom. The first kappa shape index (κ1) is 8.92. The predicted octanol–water partition coefficient (Wildman–Crippen LogP) is 1.39. The van der Waals surface area contributed by atoms with Crippen LogP contribution in [0.2, 0.25) is 0 Å². The van der Waals surface area contributed by atoms with Crippen molar-refractivity contribution >= 4 is 0 Å². The first-order valence-electron chi connectivity index (χ1n) is 3.48. The largest absolute Gasteiger partial charge is 0.368 e. The van der Waals surface area contributed by atoms with Crippen LogP contribution < -0.4 is 0 Å². The van der Waals surface area contributed by atoms with Gasteiger partial charge in [-0.2, -0.15) is 0 Å². The van der Waals surface area contributed by atoms with Crippen LogP contribution in [0.5, 0.6) is 0 Å². The number of hydrogen-bond donors (Lipinski definition) is 1. The number of aliphatic hydroxyl groups is 1. The van der Waals surface area contributed by atoms with Gasteiger partial charge in [0.05, 0.1) is 0 Å². The Morgan fingerprint density at radius 3 is 2.33 bits per heavy atom. The maximum absolute atomic E-state index is 9.04. The minimum absolute atomic E-state index is 0.205. The Balaban J connectivity index is 3.16. The topological polar surface area (TPSA) is 29.5 Å². The van der Waals surface area contributed by atoms with Crippen LogP contribution in [0.3, 0.4) is 0 Å². The van der Waals surface area contributed by atoms with Crippen molar-refractivity contribution in [2.24, 2.45) is 5.92 Å². The maximum Gasteiger partial charge on any atom is 0.156 e. The van der Waals surface area contributed by atoms with Gasteiger partial charge in [0.2, 0.25) is 0 Å². The van der Waals surface area contributed by atoms with Gasteiger partial charge in [-0.05, 0) is 6.42 Å². The van der Waals surface area contributed by atoms with Gasteiger partial charge in [0.15, 0.2) is 6.29 Å². The third kappa shape index (κ3) is 4.43. The zero-order chi connectivity index (χ0) is 7.28. The summed E-state index contributed by atoms with van der Waals surface area (Å²) in [5.74, 6) is 0.205. The Labute approximate surface area is 56.8 Å². The van der Waals surface area contributed by atoms with Crippen molar-refractivity contribution in [2.45, 2.75) is 33.5 Å². The maximum atomic E-state index is 9.04. The summed E-state index contributed by atoms with van der Waals surface area (Å²) in [5.41, 5.74) is 0. The molecule has 0 fully saturated rings. The number of rotatable bonds is 4. The van der Waals surface area contributed by atoms with Crippen LogP contribution in [-0.4, -0.2) is 18.0 Å². The van der Waals surface area contributed by atoms with E-state index in [4.69, 9.17) is 9.84 Å². The summed E-state index contributed by atoms with van der Waals surface area (Å²) in [5, 5.41) is 9.04. The molecule has 1 atom stereocenters. The van der Waals surface area contributed by atoms with Gasteiger partial charge < -0.3 is 9.84 Å². The van der Waals surface area contributed by atoms with Crippen molar-refractivity contribution in [3.05, 3.63) is 0 Å². The highest BCUT2D eigenvalue weighted by molar-refractivity contribution is 4.45. The Morgan fingerprint density at radius 2 is 2.00 bits per heavy atom. The van der Waals surface area contributed by atoms with Crippen LogP contribution in [0.1, 0.15) is 27.2 Å². The first-order valence-corrected chi connectivity index (χ1v) is 3.48. The molecular formula is C7H16O2. The molecule has 9 heavy (non-hydrogen) atoms. The predicted molar refractivity (Wildman–Crippen MR) is 37.1 cm³/mol. The smallest absolute Gasteiger partial charge is 0.156 e. The highest BCUT2D eigenvalue weighted by Crippen LogP contribution is 2.02. The van der Waals surface area contributed by atoms with E-state index in [-0.39, 0.29) is 5.92 Å². The molecule has 0 aliphatic carbocycles. The molecule has 0 radical (unpaired) electrons. The monoisotopic (exact) mass is 132 g/mol.